The van der Waals surface area contributed by atoms with Crippen LogP contribution in [-0.2, 0) is 9.53 Å². The van der Waals surface area contributed by atoms with Crippen molar-refractivity contribution in [1.82, 2.24) is 0 Å². The Bertz CT molecular complexity index is 964. The van der Waals surface area contributed by atoms with Gasteiger partial charge in [0.25, 0.3) is 0 Å². The van der Waals surface area contributed by atoms with Gasteiger partial charge >= 0.3 is 11.6 Å². The van der Waals surface area contributed by atoms with Gasteiger partial charge in [0.15, 0.2) is 0 Å². The van der Waals surface area contributed by atoms with E-state index in [0.717, 1.165) is 31.2 Å². The van der Waals surface area contributed by atoms with Gasteiger partial charge in [0.05, 0.1) is 0 Å². The average Bonchev–Trinajstić information content (AvgIpc) is 3.06. The van der Waals surface area contributed by atoms with Gasteiger partial charge < -0.3 is 9.15 Å². The zero-order valence-electron chi connectivity index (χ0n) is 18.3. The van der Waals surface area contributed by atoms with E-state index in [1.54, 1.807) is 11.8 Å². The molecule has 3 saturated carbocycles. The fourth-order valence-corrected chi connectivity index (χ4v) is 7.48. The van der Waals surface area contributed by atoms with Crippen LogP contribution in [0.5, 0.6) is 0 Å². The number of allylic oxidation sites excluding steroid dienone is 4. The molecule has 4 nitrogen and oxygen atoms in total. The van der Waals surface area contributed by atoms with Gasteiger partial charge in [-0.15, -0.1) is 0 Å². The molecular weight excluding hydrogens is 376 g/mol. The Hall–Kier alpha value is -2.10. The van der Waals surface area contributed by atoms with Gasteiger partial charge in [-0.25, -0.2) is 4.79 Å². The molecule has 0 aromatic carbocycles. The first-order valence-electron chi connectivity index (χ1n) is 11.5. The lowest BCUT2D eigenvalue weighted by molar-refractivity contribution is -0.154. The van der Waals surface area contributed by atoms with Crippen LogP contribution < -0.4 is 5.63 Å². The first-order chi connectivity index (χ1) is 14.3. The number of rotatable bonds is 2. The molecule has 0 unspecified atom stereocenters. The van der Waals surface area contributed by atoms with Crippen molar-refractivity contribution >= 4 is 11.5 Å². The summed E-state index contributed by atoms with van der Waals surface area (Å²) in [5.74, 6) is 1.84. The highest BCUT2D eigenvalue weighted by atomic mass is 16.5. The molecule has 0 amide bonds. The number of carbonyl (C=O) groups excluding carboxylic acids is 1. The molecule has 1 heterocycles. The number of hydrogen-bond donors (Lipinski definition) is 0. The molecule has 30 heavy (non-hydrogen) atoms. The van der Waals surface area contributed by atoms with Gasteiger partial charge in [-0.1, -0.05) is 31.6 Å². The third-order valence-corrected chi connectivity index (χ3v) is 9.00. The summed E-state index contributed by atoms with van der Waals surface area (Å²) < 4.78 is 10.8. The molecule has 0 aliphatic heterocycles. The van der Waals surface area contributed by atoms with Crippen molar-refractivity contribution in [2.75, 3.05) is 0 Å². The Balaban J connectivity index is 1.38. The summed E-state index contributed by atoms with van der Waals surface area (Å²) >= 11 is 0. The van der Waals surface area contributed by atoms with E-state index in [9.17, 15) is 9.59 Å². The lowest BCUT2D eigenvalue weighted by atomic mass is 9.46. The summed E-state index contributed by atoms with van der Waals surface area (Å²) in [6.45, 7) is 6.42. The number of hydrogen-bond acceptors (Lipinski definition) is 4. The molecular formula is C26H32O4. The van der Waals surface area contributed by atoms with Crippen molar-refractivity contribution in [2.24, 2.45) is 28.6 Å². The monoisotopic (exact) mass is 408 g/mol. The second-order valence-corrected chi connectivity index (χ2v) is 10.4. The van der Waals surface area contributed by atoms with Crippen molar-refractivity contribution in [3.05, 3.63) is 52.1 Å². The van der Waals surface area contributed by atoms with E-state index in [2.05, 4.69) is 26.0 Å². The Morgan fingerprint density at radius 3 is 2.67 bits per heavy atom. The molecule has 4 aliphatic rings. The van der Waals surface area contributed by atoms with Crippen LogP contribution in [0.2, 0.25) is 0 Å². The predicted molar refractivity (Wildman–Crippen MR) is 116 cm³/mol. The van der Waals surface area contributed by atoms with Crippen LogP contribution in [0.1, 0.15) is 71.3 Å². The second kappa shape index (κ2) is 6.96. The molecule has 1 aromatic heterocycles. The van der Waals surface area contributed by atoms with E-state index in [4.69, 9.17) is 9.15 Å². The van der Waals surface area contributed by atoms with E-state index in [-0.39, 0.29) is 23.1 Å². The topological polar surface area (TPSA) is 56.5 Å². The summed E-state index contributed by atoms with van der Waals surface area (Å²) in [6, 6.07) is 3.43. The zero-order valence-corrected chi connectivity index (χ0v) is 18.3. The Labute approximate surface area is 178 Å². The minimum atomic E-state index is -0.296. The minimum absolute atomic E-state index is 0.0409. The maximum atomic E-state index is 11.4. The second-order valence-electron chi connectivity index (χ2n) is 10.4. The predicted octanol–water partition coefficient (Wildman–Crippen LogP) is 5.53. The van der Waals surface area contributed by atoms with Crippen molar-refractivity contribution < 1.29 is 13.9 Å². The van der Waals surface area contributed by atoms with Crippen molar-refractivity contribution in [3.63, 3.8) is 0 Å². The molecule has 1 aromatic rings. The summed E-state index contributed by atoms with van der Waals surface area (Å²) in [7, 11) is 0. The molecule has 0 N–H and O–H groups in total. The number of fused-ring (bicyclic) bond motifs is 5. The van der Waals surface area contributed by atoms with Crippen molar-refractivity contribution in [1.29, 1.82) is 0 Å². The zero-order chi connectivity index (χ0) is 21.1. The van der Waals surface area contributed by atoms with E-state index in [1.807, 2.05) is 6.07 Å². The fraction of sp³-hybridized carbons (Fsp3) is 0.615. The number of carbonyl (C=O) groups is 1. The van der Waals surface area contributed by atoms with Crippen LogP contribution in [0.4, 0.5) is 0 Å². The Morgan fingerprint density at radius 2 is 1.93 bits per heavy atom. The molecule has 4 aliphatic carbocycles. The van der Waals surface area contributed by atoms with Crippen LogP contribution in [0.3, 0.4) is 0 Å². The third kappa shape index (κ3) is 2.94. The summed E-state index contributed by atoms with van der Waals surface area (Å²) in [5.41, 5.74) is 3.99. The standard InChI is InChI=1S/C26H32O4/c1-16(27)30-19-10-12-25(2)18(14-19)5-6-20-22-8-7-21(17-4-9-24(28)29-15-17)26(22,3)13-11-23(20)25/h4,7-9,15,18-20,23H,5-6,10-14H2,1-3H3/t18-,19+,20+,23+,25+,26-/m1/s1. The highest BCUT2D eigenvalue weighted by Gasteiger charge is 2.56. The fourth-order valence-electron chi connectivity index (χ4n) is 7.48. The van der Waals surface area contributed by atoms with Gasteiger partial charge in [-0.3, -0.25) is 4.79 Å². The van der Waals surface area contributed by atoms with Crippen LogP contribution in [0, 0.1) is 28.6 Å². The quantitative estimate of drug-likeness (QED) is 0.604. The van der Waals surface area contributed by atoms with E-state index in [1.165, 1.54) is 37.8 Å². The molecule has 0 spiro atoms. The largest absolute Gasteiger partial charge is 0.463 e. The van der Waals surface area contributed by atoms with Gasteiger partial charge in [-0.05, 0) is 79.8 Å². The van der Waals surface area contributed by atoms with E-state index in [0.29, 0.717) is 23.2 Å². The number of ether oxygens (including phenoxy) is 1. The van der Waals surface area contributed by atoms with Gasteiger partial charge in [0, 0.05) is 24.0 Å². The highest BCUT2D eigenvalue weighted by Crippen LogP contribution is 2.66. The Morgan fingerprint density at radius 1 is 1.10 bits per heavy atom. The smallest absolute Gasteiger partial charge is 0.335 e. The third-order valence-electron chi connectivity index (χ3n) is 9.00. The first kappa shape index (κ1) is 19.8. The average molecular weight is 409 g/mol. The summed E-state index contributed by atoms with van der Waals surface area (Å²) in [4.78, 5) is 22.9. The SMILES string of the molecule is CC(=O)O[C@H]1CC[C@@]2(C)[C@H](CC[C@H]3C4=CC=C(c5ccc(=O)oc5)[C@@]4(C)CC[C@@H]32)C1. The molecule has 5 rings (SSSR count). The molecule has 6 atom stereocenters. The van der Waals surface area contributed by atoms with Crippen LogP contribution in [0.25, 0.3) is 5.57 Å². The molecule has 4 heteroatoms. The Kier molecular flexibility index (Phi) is 4.61. The molecule has 0 bridgehead atoms. The van der Waals surface area contributed by atoms with Crippen LogP contribution in [-0.4, -0.2) is 12.1 Å². The van der Waals surface area contributed by atoms with Crippen molar-refractivity contribution in [2.45, 2.75) is 71.8 Å². The highest BCUT2D eigenvalue weighted by molar-refractivity contribution is 5.78. The van der Waals surface area contributed by atoms with E-state index < -0.39 is 0 Å². The minimum Gasteiger partial charge on any atom is -0.463 e. The molecule has 3 fully saturated rings. The maximum absolute atomic E-state index is 11.4. The van der Waals surface area contributed by atoms with Gasteiger partial charge in [-0.2, -0.15) is 0 Å². The molecule has 160 valence electrons. The lowest BCUT2D eigenvalue weighted by Gasteiger charge is -2.59. The van der Waals surface area contributed by atoms with E-state index >= 15 is 0 Å². The summed E-state index contributed by atoms with van der Waals surface area (Å²) in [5, 5.41) is 0. The molecule has 0 saturated heterocycles. The maximum Gasteiger partial charge on any atom is 0.335 e. The lowest BCUT2D eigenvalue weighted by Crippen LogP contribution is -2.51. The normalized spacial score (nSPS) is 39.8. The summed E-state index contributed by atoms with van der Waals surface area (Å²) in [6.07, 6.45) is 14.4. The van der Waals surface area contributed by atoms with Crippen molar-refractivity contribution in [3.8, 4) is 0 Å². The first-order valence-corrected chi connectivity index (χ1v) is 11.5. The van der Waals surface area contributed by atoms with Gasteiger partial charge in [0.1, 0.15) is 12.4 Å². The van der Waals surface area contributed by atoms with Crippen LogP contribution >= 0.6 is 0 Å². The molecule has 0 radical (unpaired) electrons. The number of esters is 1. The van der Waals surface area contributed by atoms with Gasteiger partial charge in [0.2, 0.25) is 0 Å². The van der Waals surface area contributed by atoms with Crippen LogP contribution in [0.15, 0.2) is 45.3 Å².